The van der Waals surface area contributed by atoms with Crippen molar-refractivity contribution in [3.63, 3.8) is 0 Å². The molecule has 0 spiro atoms. The average Bonchev–Trinajstić information content (AvgIpc) is 2.99. The molecule has 17 heavy (non-hydrogen) atoms. The second-order valence-corrected chi connectivity index (χ2v) is 4.64. The van der Waals surface area contributed by atoms with Crippen LogP contribution in [0, 0.1) is 0 Å². The highest BCUT2D eigenvalue weighted by Crippen LogP contribution is 2.26. The minimum Gasteiger partial charge on any atom is -0.467 e. The van der Waals surface area contributed by atoms with Crippen molar-refractivity contribution in [2.45, 2.75) is 6.04 Å². The van der Waals surface area contributed by atoms with Crippen LogP contribution in [0.2, 0.25) is 0 Å². The number of thiophene rings is 1. The fraction of sp³-hybridized carbons (Fsp3) is 0.0833. The molecule has 1 atom stereocenters. The van der Waals surface area contributed by atoms with Gasteiger partial charge in [0.25, 0.3) is 0 Å². The Labute approximate surface area is 102 Å². The number of aromatic nitrogens is 1. The predicted octanol–water partition coefficient (Wildman–Crippen LogP) is 2.44. The standard InChI is InChI=1S/C12H11N3OS/c13-15-12(10-2-1-4-16-10)8-6-11-9(14-7-8)3-5-17-11/h1-7,12,15H,13H2. The van der Waals surface area contributed by atoms with Gasteiger partial charge in [-0.15, -0.1) is 11.3 Å². The Bertz CT molecular complexity index is 618. The molecule has 0 bridgehead atoms. The normalized spacial score (nSPS) is 13.0. The van der Waals surface area contributed by atoms with Crippen LogP contribution in [0.1, 0.15) is 17.4 Å². The summed E-state index contributed by atoms with van der Waals surface area (Å²) in [6.45, 7) is 0. The van der Waals surface area contributed by atoms with Crippen molar-refractivity contribution in [2.75, 3.05) is 0 Å². The van der Waals surface area contributed by atoms with Gasteiger partial charge in [0, 0.05) is 6.20 Å². The van der Waals surface area contributed by atoms with Crippen LogP contribution >= 0.6 is 11.3 Å². The van der Waals surface area contributed by atoms with Gasteiger partial charge in [0.2, 0.25) is 0 Å². The van der Waals surface area contributed by atoms with Crippen molar-refractivity contribution >= 4 is 21.6 Å². The number of nitrogens with two attached hydrogens (primary N) is 1. The number of pyridine rings is 1. The molecule has 0 radical (unpaired) electrons. The van der Waals surface area contributed by atoms with Crippen molar-refractivity contribution in [1.82, 2.24) is 10.4 Å². The Morgan fingerprint density at radius 3 is 3.12 bits per heavy atom. The third-order valence-corrected chi connectivity index (χ3v) is 3.50. The SMILES string of the molecule is NNC(c1cnc2ccsc2c1)c1ccco1. The highest BCUT2D eigenvalue weighted by atomic mass is 32.1. The first-order valence-electron chi connectivity index (χ1n) is 5.21. The van der Waals surface area contributed by atoms with Gasteiger partial charge in [0.1, 0.15) is 11.8 Å². The first kappa shape index (κ1) is 10.5. The van der Waals surface area contributed by atoms with E-state index >= 15 is 0 Å². The van der Waals surface area contributed by atoms with Crippen molar-refractivity contribution in [3.05, 3.63) is 53.4 Å². The third-order valence-electron chi connectivity index (χ3n) is 2.65. The summed E-state index contributed by atoms with van der Waals surface area (Å²) in [4.78, 5) is 4.39. The van der Waals surface area contributed by atoms with E-state index in [2.05, 4.69) is 16.5 Å². The summed E-state index contributed by atoms with van der Waals surface area (Å²) in [7, 11) is 0. The van der Waals surface area contributed by atoms with E-state index in [0.29, 0.717) is 0 Å². The van der Waals surface area contributed by atoms with E-state index < -0.39 is 0 Å². The Morgan fingerprint density at radius 1 is 1.41 bits per heavy atom. The topological polar surface area (TPSA) is 64.1 Å². The molecule has 1 unspecified atom stereocenters. The molecule has 4 nitrogen and oxygen atoms in total. The number of furan rings is 1. The largest absolute Gasteiger partial charge is 0.467 e. The third kappa shape index (κ3) is 1.84. The molecule has 3 aromatic heterocycles. The summed E-state index contributed by atoms with van der Waals surface area (Å²) in [5.41, 5.74) is 4.75. The van der Waals surface area contributed by atoms with Crippen LogP contribution in [0.3, 0.4) is 0 Å². The van der Waals surface area contributed by atoms with Gasteiger partial charge in [0.15, 0.2) is 0 Å². The summed E-state index contributed by atoms with van der Waals surface area (Å²) in [5.74, 6) is 6.36. The van der Waals surface area contributed by atoms with Crippen LogP contribution in [-0.2, 0) is 0 Å². The van der Waals surface area contributed by atoms with Gasteiger partial charge >= 0.3 is 0 Å². The van der Waals surface area contributed by atoms with E-state index in [1.54, 1.807) is 17.6 Å². The monoisotopic (exact) mass is 245 g/mol. The van der Waals surface area contributed by atoms with Gasteiger partial charge in [0.05, 0.1) is 16.5 Å². The quantitative estimate of drug-likeness (QED) is 0.549. The Hall–Kier alpha value is -1.69. The van der Waals surface area contributed by atoms with Crippen LogP contribution < -0.4 is 11.3 Å². The van der Waals surface area contributed by atoms with Gasteiger partial charge < -0.3 is 4.42 Å². The molecule has 0 saturated carbocycles. The Balaban J connectivity index is 2.06. The summed E-state index contributed by atoms with van der Waals surface area (Å²) >= 11 is 1.66. The molecule has 0 amide bonds. The molecule has 0 aliphatic heterocycles. The number of nitrogens with zero attached hydrogens (tertiary/aromatic N) is 1. The molecule has 0 saturated heterocycles. The maximum Gasteiger partial charge on any atom is 0.126 e. The number of nitrogens with one attached hydrogen (secondary N) is 1. The number of fused-ring (bicyclic) bond motifs is 1. The lowest BCUT2D eigenvalue weighted by Gasteiger charge is -2.13. The van der Waals surface area contributed by atoms with Gasteiger partial charge in [-0.25, -0.2) is 5.43 Å². The summed E-state index contributed by atoms with van der Waals surface area (Å²) < 4.78 is 6.52. The maximum atomic E-state index is 5.58. The molecule has 0 aliphatic rings. The summed E-state index contributed by atoms with van der Waals surface area (Å²) in [6.07, 6.45) is 3.46. The zero-order valence-corrected chi connectivity index (χ0v) is 9.78. The molecular weight excluding hydrogens is 234 g/mol. The van der Waals surface area contributed by atoms with Gasteiger partial charge in [-0.2, -0.15) is 0 Å². The lowest BCUT2D eigenvalue weighted by Crippen LogP contribution is -2.28. The molecular formula is C12H11N3OS. The van der Waals surface area contributed by atoms with Crippen LogP contribution in [0.4, 0.5) is 0 Å². The van der Waals surface area contributed by atoms with E-state index in [-0.39, 0.29) is 6.04 Å². The Kier molecular flexibility index (Phi) is 2.64. The Morgan fingerprint density at radius 2 is 2.35 bits per heavy atom. The minimum atomic E-state index is -0.163. The first-order chi connectivity index (χ1) is 8.38. The van der Waals surface area contributed by atoms with Crippen molar-refractivity contribution in [1.29, 1.82) is 0 Å². The molecule has 3 heterocycles. The van der Waals surface area contributed by atoms with E-state index in [9.17, 15) is 0 Å². The smallest absolute Gasteiger partial charge is 0.126 e. The molecule has 3 aromatic rings. The lowest BCUT2D eigenvalue weighted by atomic mass is 10.1. The zero-order valence-electron chi connectivity index (χ0n) is 8.96. The lowest BCUT2D eigenvalue weighted by molar-refractivity contribution is 0.452. The van der Waals surface area contributed by atoms with E-state index in [1.165, 1.54) is 0 Å². The highest BCUT2D eigenvalue weighted by Gasteiger charge is 2.16. The summed E-state index contributed by atoms with van der Waals surface area (Å²) in [6, 6.07) is 7.66. The van der Waals surface area contributed by atoms with Crippen LogP contribution in [-0.4, -0.2) is 4.98 Å². The highest BCUT2D eigenvalue weighted by molar-refractivity contribution is 7.17. The van der Waals surface area contributed by atoms with Gasteiger partial charge in [-0.1, -0.05) is 0 Å². The number of rotatable bonds is 3. The fourth-order valence-electron chi connectivity index (χ4n) is 1.82. The second-order valence-electron chi connectivity index (χ2n) is 3.69. The zero-order chi connectivity index (χ0) is 11.7. The summed E-state index contributed by atoms with van der Waals surface area (Å²) in [5, 5.41) is 2.03. The molecule has 5 heteroatoms. The molecule has 3 N–H and O–H groups in total. The number of hydrogen-bond donors (Lipinski definition) is 2. The van der Waals surface area contributed by atoms with Crippen molar-refractivity contribution in [2.24, 2.45) is 5.84 Å². The average molecular weight is 245 g/mol. The number of hydrogen-bond acceptors (Lipinski definition) is 5. The first-order valence-corrected chi connectivity index (χ1v) is 6.09. The number of hydrazine groups is 1. The fourth-order valence-corrected chi connectivity index (χ4v) is 2.61. The maximum absolute atomic E-state index is 5.58. The molecule has 0 fully saturated rings. The predicted molar refractivity (Wildman–Crippen MR) is 67.5 cm³/mol. The van der Waals surface area contributed by atoms with Crippen LogP contribution in [0.5, 0.6) is 0 Å². The molecule has 0 aliphatic carbocycles. The van der Waals surface area contributed by atoms with E-state index in [4.69, 9.17) is 10.3 Å². The van der Waals surface area contributed by atoms with Crippen LogP contribution in [0.25, 0.3) is 10.2 Å². The van der Waals surface area contributed by atoms with Crippen molar-refractivity contribution in [3.8, 4) is 0 Å². The minimum absolute atomic E-state index is 0.163. The molecule has 86 valence electrons. The van der Waals surface area contributed by atoms with E-state index in [0.717, 1.165) is 21.5 Å². The van der Waals surface area contributed by atoms with Gasteiger partial charge in [-0.3, -0.25) is 10.8 Å². The van der Waals surface area contributed by atoms with Gasteiger partial charge in [-0.05, 0) is 35.2 Å². The van der Waals surface area contributed by atoms with Crippen LogP contribution in [0.15, 0.2) is 46.5 Å². The second kappa shape index (κ2) is 4.29. The van der Waals surface area contributed by atoms with E-state index in [1.807, 2.05) is 29.8 Å². The van der Waals surface area contributed by atoms with Crippen molar-refractivity contribution < 1.29 is 4.42 Å². The molecule has 3 rings (SSSR count). The molecule has 0 aromatic carbocycles.